The van der Waals surface area contributed by atoms with Crippen LogP contribution in [0.1, 0.15) is 19.3 Å². The van der Waals surface area contributed by atoms with Gasteiger partial charge in [-0.25, -0.2) is 0 Å². The van der Waals surface area contributed by atoms with Crippen molar-refractivity contribution in [1.82, 2.24) is 0 Å². The highest BCUT2D eigenvalue weighted by molar-refractivity contribution is 5.73. The van der Waals surface area contributed by atoms with Crippen LogP contribution in [0, 0.1) is 0 Å². The topological polar surface area (TPSA) is 64.4 Å². The summed E-state index contributed by atoms with van der Waals surface area (Å²) >= 11 is 0. The summed E-state index contributed by atoms with van der Waals surface area (Å²) in [6.07, 6.45) is -0.763. The minimum atomic E-state index is -4.14. The molecule has 0 bridgehead atoms. The van der Waals surface area contributed by atoms with Crippen molar-refractivity contribution < 1.29 is 13.2 Å². The van der Waals surface area contributed by atoms with Gasteiger partial charge in [0.1, 0.15) is 6.17 Å². The average molecular weight is 221 g/mol. The summed E-state index contributed by atoms with van der Waals surface area (Å²) in [7, 11) is 0. The van der Waals surface area contributed by atoms with Gasteiger partial charge in [0.2, 0.25) is 0 Å². The number of hydrogen-bond donors (Lipinski definition) is 2. The Labute approximate surface area is 86.0 Å². The molecule has 0 saturated heterocycles. The molecule has 0 aromatic carbocycles. The first kappa shape index (κ1) is 12.2. The minimum absolute atomic E-state index is 0.0342. The number of nitrogens with two attached hydrogens (primary N) is 2. The Kier molecular flexibility index (Phi) is 3.51. The Morgan fingerprint density at radius 1 is 1.40 bits per heavy atom. The van der Waals surface area contributed by atoms with E-state index in [1.807, 2.05) is 0 Å². The summed E-state index contributed by atoms with van der Waals surface area (Å²) in [5, 5.41) is 0. The van der Waals surface area contributed by atoms with Gasteiger partial charge >= 0.3 is 6.18 Å². The number of hydrogen-bond acceptors (Lipinski definition) is 3. The van der Waals surface area contributed by atoms with Crippen LogP contribution in [0.4, 0.5) is 13.2 Å². The number of aliphatic imine (C=N–C) groups is 1. The Balaban J connectivity index is 2.44. The number of nitrogens with zero attached hydrogens (tertiary/aromatic N) is 1. The number of alkyl halides is 3. The third-order valence-corrected chi connectivity index (χ3v) is 2.36. The second-order valence-electron chi connectivity index (χ2n) is 3.68. The van der Waals surface area contributed by atoms with Gasteiger partial charge in [0.05, 0.1) is 5.54 Å². The summed E-state index contributed by atoms with van der Waals surface area (Å²) < 4.78 is 35.7. The molecule has 1 rings (SSSR count). The van der Waals surface area contributed by atoms with Gasteiger partial charge in [0.25, 0.3) is 0 Å². The van der Waals surface area contributed by atoms with Gasteiger partial charge in [-0.3, -0.25) is 4.99 Å². The molecule has 4 N–H and O–H groups in total. The van der Waals surface area contributed by atoms with Crippen LogP contribution >= 0.6 is 0 Å². The Morgan fingerprint density at radius 3 is 2.60 bits per heavy atom. The molecule has 0 aromatic heterocycles. The maximum absolute atomic E-state index is 11.9. The monoisotopic (exact) mass is 221 g/mol. The molecule has 0 spiro atoms. The van der Waals surface area contributed by atoms with Crippen LogP contribution in [0.15, 0.2) is 17.1 Å². The molecule has 3 nitrogen and oxygen atoms in total. The number of dihydropyridines is 1. The fraction of sp³-hybridized carbons (Fsp3) is 0.667. The Bertz CT molecular complexity index is 272. The third-order valence-electron chi connectivity index (χ3n) is 2.36. The van der Waals surface area contributed by atoms with Crippen LogP contribution in [-0.2, 0) is 0 Å². The van der Waals surface area contributed by atoms with Gasteiger partial charge in [0, 0.05) is 12.6 Å². The molecule has 0 amide bonds. The largest absolute Gasteiger partial charge is 0.389 e. The first-order valence-corrected chi connectivity index (χ1v) is 4.66. The smallest absolute Gasteiger partial charge is 0.319 e. The van der Waals surface area contributed by atoms with Gasteiger partial charge in [-0.15, -0.1) is 0 Å². The van der Waals surface area contributed by atoms with Crippen molar-refractivity contribution in [3.05, 3.63) is 12.2 Å². The molecule has 15 heavy (non-hydrogen) atoms. The molecule has 86 valence electrons. The van der Waals surface area contributed by atoms with Crippen LogP contribution in [0.2, 0.25) is 0 Å². The highest BCUT2D eigenvalue weighted by Gasteiger charge is 2.33. The summed E-state index contributed by atoms with van der Waals surface area (Å²) in [6.45, 7) is 0. The molecule has 0 radical (unpaired) electrons. The van der Waals surface area contributed by atoms with Crippen LogP contribution in [0.5, 0.6) is 0 Å². The van der Waals surface area contributed by atoms with E-state index < -0.39 is 24.3 Å². The molecule has 2 unspecified atom stereocenters. The maximum atomic E-state index is 11.9. The number of allylic oxidation sites excluding steroid dienone is 1. The zero-order valence-corrected chi connectivity index (χ0v) is 8.17. The number of halogens is 3. The average Bonchev–Trinajstić information content (AvgIpc) is 2.08. The van der Waals surface area contributed by atoms with E-state index in [0.717, 1.165) is 0 Å². The van der Waals surface area contributed by atoms with E-state index in [2.05, 4.69) is 4.99 Å². The van der Waals surface area contributed by atoms with Crippen molar-refractivity contribution in [3.63, 3.8) is 0 Å². The lowest BCUT2D eigenvalue weighted by molar-refractivity contribution is -0.136. The second-order valence-corrected chi connectivity index (χ2v) is 3.68. The van der Waals surface area contributed by atoms with Crippen molar-refractivity contribution in [2.24, 2.45) is 16.5 Å². The molecular formula is C9H14F3N3. The third kappa shape index (κ3) is 3.64. The van der Waals surface area contributed by atoms with Gasteiger partial charge < -0.3 is 11.5 Å². The zero-order chi connectivity index (χ0) is 11.5. The SMILES string of the molecule is NC1N=CC=CC1(N)CCCC(F)(F)F. The summed E-state index contributed by atoms with van der Waals surface area (Å²) in [4.78, 5) is 3.86. The molecule has 0 fully saturated rings. The van der Waals surface area contributed by atoms with Crippen molar-refractivity contribution in [1.29, 1.82) is 0 Å². The summed E-state index contributed by atoms with van der Waals surface area (Å²) in [5.41, 5.74) is 10.5. The van der Waals surface area contributed by atoms with Crippen molar-refractivity contribution in [2.75, 3.05) is 0 Å². The van der Waals surface area contributed by atoms with Gasteiger partial charge in [-0.05, 0) is 18.9 Å². The molecule has 6 heteroatoms. The molecule has 0 aliphatic carbocycles. The fourth-order valence-corrected chi connectivity index (χ4v) is 1.43. The molecular weight excluding hydrogens is 207 g/mol. The molecule has 1 aliphatic heterocycles. The van der Waals surface area contributed by atoms with E-state index in [0.29, 0.717) is 0 Å². The lowest BCUT2D eigenvalue weighted by Gasteiger charge is -2.31. The standard InChI is InChI=1S/C9H14F3N3/c10-9(11,12)5-1-3-8(14)4-2-6-15-7(8)13/h2,4,6-7H,1,3,5,13-14H2. The van der Waals surface area contributed by atoms with Gasteiger partial charge in [0.15, 0.2) is 0 Å². The van der Waals surface area contributed by atoms with Crippen LogP contribution in [0.25, 0.3) is 0 Å². The molecule has 0 saturated carbocycles. The second kappa shape index (κ2) is 4.32. The van der Waals surface area contributed by atoms with E-state index in [4.69, 9.17) is 11.5 Å². The van der Waals surface area contributed by atoms with Crippen molar-refractivity contribution >= 4 is 6.21 Å². The molecule has 0 aromatic rings. The highest BCUT2D eigenvalue weighted by atomic mass is 19.4. The lowest BCUT2D eigenvalue weighted by Crippen LogP contribution is -2.54. The van der Waals surface area contributed by atoms with E-state index in [1.54, 1.807) is 12.2 Å². The van der Waals surface area contributed by atoms with Crippen LogP contribution < -0.4 is 11.5 Å². The predicted molar refractivity (Wildman–Crippen MR) is 52.4 cm³/mol. The Morgan fingerprint density at radius 2 is 2.07 bits per heavy atom. The fourth-order valence-electron chi connectivity index (χ4n) is 1.43. The quantitative estimate of drug-likeness (QED) is 0.755. The predicted octanol–water partition coefficient (Wildman–Crippen LogP) is 1.34. The van der Waals surface area contributed by atoms with Crippen LogP contribution in [-0.4, -0.2) is 24.1 Å². The van der Waals surface area contributed by atoms with E-state index in [9.17, 15) is 13.2 Å². The van der Waals surface area contributed by atoms with Crippen molar-refractivity contribution in [2.45, 2.75) is 37.1 Å². The molecule has 2 atom stereocenters. The first-order chi connectivity index (χ1) is 6.83. The normalized spacial score (nSPS) is 30.9. The highest BCUT2D eigenvalue weighted by Crippen LogP contribution is 2.26. The van der Waals surface area contributed by atoms with Gasteiger partial charge in [-0.1, -0.05) is 6.08 Å². The van der Waals surface area contributed by atoms with Crippen molar-refractivity contribution in [3.8, 4) is 0 Å². The molecule has 1 heterocycles. The first-order valence-electron chi connectivity index (χ1n) is 4.66. The zero-order valence-electron chi connectivity index (χ0n) is 8.17. The maximum Gasteiger partial charge on any atom is 0.389 e. The lowest BCUT2D eigenvalue weighted by atomic mass is 9.89. The molecule has 1 aliphatic rings. The van der Waals surface area contributed by atoms with E-state index >= 15 is 0 Å². The van der Waals surface area contributed by atoms with Crippen LogP contribution in [0.3, 0.4) is 0 Å². The summed E-state index contributed by atoms with van der Waals surface area (Å²) in [6, 6.07) is 0. The Hall–Kier alpha value is -0.880. The summed E-state index contributed by atoms with van der Waals surface area (Å²) in [5.74, 6) is 0. The van der Waals surface area contributed by atoms with Gasteiger partial charge in [-0.2, -0.15) is 13.2 Å². The number of rotatable bonds is 3. The van der Waals surface area contributed by atoms with E-state index in [1.165, 1.54) is 6.21 Å². The minimum Gasteiger partial charge on any atom is -0.319 e. The van der Waals surface area contributed by atoms with E-state index in [-0.39, 0.29) is 12.8 Å².